The number of nitrogens with zero attached hydrogens (tertiary/aromatic N) is 2. The molecule has 6 N–H and O–H groups in total. The second kappa shape index (κ2) is 5.63. The van der Waals surface area contributed by atoms with E-state index in [1.54, 1.807) is 0 Å². The van der Waals surface area contributed by atoms with Gasteiger partial charge in [-0.3, -0.25) is 0 Å². The average Bonchev–Trinajstić information content (AvgIpc) is 1.97. The first-order valence-corrected chi connectivity index (χ1v) is 3.06. The summed E-state index contributed by atoms with van der Waals surface area (Å²) >= 11 is 0. The first-order valence-electron chi connectivity index (χ1n) is 3.06. The summed E-state index contributed by atoms with van der Waals surface area (Å²) in [5, 5.41) is 23.8. The Kier molecular flexibility index (Phi) is 5.05. The molecule has 0 aromatic heterocycles. The lowest BCUT2D eigenvalue weighted by molar-refractivity contribution is 0.102. The summed E-state index contributed by atoms with van der Waals surface area (Å²) in [5.41, 5.74) is 9.89. The molecule has 0 amide bonds. The van der Waals surface area contributed by atoms with Gasteiger partial charge in [0, 0.05) is 12.6 Å². The molecule has 6 heteroatoms. The van der Waals surface area contributed by atoms with Gasteiger partial charge < -0.3 is 21.7 Å². The number of rotatable bonds is 4. The van der Waals surface area contributed by atoms with Crippen molar-refractivity contribution in [3.63, 3.8) is 0 Å². The minimum Gasteiger partial charge on any atom is -0.394 e. The Bertz CT molecular complexity index is 153. The summed E-state index contributed by atoms with van der Waals surface area (Å²) in [7, 11) is 0. The number of hydrogen-bond acceptors (Lipinski definition) is 4. The molecule has 0 aliphatic heterocycles. The maximum absolute atomic E-state index is 8.77. The maximum Gasteiger partial charge on any atom is 0.211 e. The van der Waals surface area contributed by atoms with Crippen molar-refractivity contribution < 1.29 is 10.2 Å². The van der Waals surface area contributed by atoms with E-state index in [9.17, 15) is 0 Å². The van der Waals surface area contributed by atoms with E-state index < -0.39 is 6.10 Å². The predicted octanol–water partition coefficient (Wildman–Crippen LogP) is -2.01. The SMILES string of the molecule is NC(N)=N/N=C\C[C@H](O)CO. The summed E-state index contributed by atoms with van der Waals surface area (Å²) in [6.45, 7) is -0.298. The highest BCUT2D eigenvalue weighted by Crippen LogP contribution is 1.85. The Morgan fingerprint density at radius 1 is 1.55 bits per heavy atom. The van der Waals surface area contributed by atoms with Crippen molar-refractivity contribution in [3.05, 3.63) is 0 Å². The third-order valence-corrected chi connectivity index (χ3v) is 0.843. The fraction of sp³-hybridized carbons (Fsp3) is 0.600. The number of guanidine groups is 1. The fourth-order valence-electron chi connectivity index (χ4n) is 0.351. The van der Waals surface area contributed by atoms with Gasteiger partial charge in [-0.05, 0) is 0 Å². The highest BCUT2D eigenvalue weighted by molar-refractivity contribution is 5.76. The van der Waals surface area contributed by atoms with Crippen LogP contribution in [0.1, 0.15) is 6.42 Å². The van der Waals surface area contributed by atoms with Crippen molar-refractivity contribution in [2.75, 3.05) is 6.61 Å². The average molecular weight is 160 g/mol. The van der Waals surface area contributed by atoms with Gasteiger partial charge in [-0.2, -0.15) is 5.10 Å². The molecule has 0 heterocycles. The third kappa shape index (κ3) is 6.75. The molecule has 0 saturated carbocycles. The Balaban J connectivity index is 3.52. The second-order valence-electron chi connectivity index (χ2n) is 1.90. The number of aliphatic hydroxyl groups excluding tert-OH is 2. The maximum atomic E-state index is 8.77. The van der Waals surface area contributed by atoms with Crippen LogP contribution in [0.25, 0.3) is 0 Å². The van der Waals surface area contributed by atoms with Crippen molar-refractivity contribution in [1.82, 2.24) is 0 Å². The van der Waals surface area contributed by atoms with Gasteiger partial charge in [0.1, 0.15) is 0 Å². The van der Waals surface area contributed by atoms with Crippen LogP contribution in [0.4, 0.5) is 0 Å². The molecule has 0 bridgehead atoms. The molecule has 11 heavy (non-hydrogen) atoms. The lowest BCUT2D eigenvalue weighted by Crippen LogP contribution is -2.21. The minimum absolute atomic E-state index is 0.139. The first kappa shape index (κ1) is 9.86. The normalized spacial score (nSPS) is 13.3. The van der Waals surface area contributed by atoms with Gasteiger partial charge in [0.15, 0.2) is 0 Å². The lowest BCUT2D eigenvalue weighted by atomic mass is 10.3. The van der Waals surface area contributed by atoms with Crippen LogP contribution in [-0.4, -0.2) is 35.1 Å². The summed E-state index contributed by atoms with van der Waals surface area (Å²) in [6, 6.07) is 0. The van der Waals surface area contributed by atoms with Crippen LogP contribution in [-0.2, 0) is 0 Å². The Labute approximate surface area is 64.2 Å². The van der Waals surface area contributed by atoms with Crippen molar-refractivity contribution in [2.24, 2.45) is 21.7 Å². The van der Waals surface area contributed by atoms with Crippen LogP contribution in [0.5, 0.6) is 0 Å². The Hall–Kier alpha value is -1.14. The van der Waals surface area contributed by atoms with E-state index >= 15 is 0 Å². The topological polar surface area (TPSA) is 117 Å². The summed E-state index contributed by atoms with van der Waals surface area (Å²) in [5.74, 6) is -0.139. The molecule has 6 nitrogen and oxygen atoms in total. The van der Waals surface area contributed by atoms with Crippen LogP contribution >= 0.6 is 0 Å². The van der Waals surface area contributed by atoms with Crippen LogP contribution in [0, 0.1) is 0 Å². The van der Waals surface area contributed by atoms with Crippen molar-refractivity contribution >= 4 is 12.2 Å². The fourth-order valence-corrected chi connectivity index (χ4v) is 0.351. The molecular formula is C5H12N4O2. The zero-order valence-electron chi connectivity index (χ0n) is 6.01. The van der Waals surface area contributed by atoms with E-state index in [0.29, 0.717) is 0 Å². The van der Waals surface area contributed by atoms with E-state index in [4.69, 9.17) is 21.7 Å². The summed E-state index contributed by atoms with van der Waals surface area (Å²) in [4.78, 5) is 0. The van der Waals surface area contributed by atoms with E-state index in [1.807, 2.05) is 0 Å². The molecule has 1 atom stereocenters. The molecule has 0 aliphatic rings. The molecule has 0 fully saturated rings. The van der Waals surface area contributed by atoms with Gasteiger partial charge in [0.25, 0.3) is 0 Å². The molecule has 0 unspecified atom stereocenters. The van der Waals surface area contributed by atoms with Crippen LogP contribution in [0.3, 0.4) is 0 Å². The standard InChI is InChI=1S/C5H12N4O2/c6-5(7)9-8-2-1-4(11)3-10/h2,4,10-11H,1,3H2,(H4,6,7,9)/b8-2-/t4-/m0/s1. The molecule has 64 valence electrons. The summed E-state index contributed by atoms with van der Waals surface area (Å²) < 4.78 is 0. The number of nitrogens with two attached hydrogens (primary N) is 2. The van der Waals surface area contributed by atoms with Crippen molar-refractivity contribution in [1.29, 1.82) is 0 Å². The molecular weight excluding hydrogens is 148 g/mol. The van der Waals surface area contributed by atoms with Crippen LogP contribution in [0.2, 0.25) is 0 Å². The number of hydrogen-bond donors (Lipinski definition) is 4. The molecule has 0 spiro atoms. The molecule has 0 radical (unpaired) electrons. The smallest absolute Gasteiger partial charge is 0.211 e. The van der Waals surface area contributed by atoms with Gasteiger partial charge in [-0.15, -0.1) is 5.10 Å². The highest BCUT2D eigenvalue weighted by Gasteiger charge is 1.96. The summed E-state index contributed by atoms with van der Waals surface area (Å²) in [6.07, 6.45) is 0.751. The third-order valence-electron chi connectivity index (χ3n) is 0.843. The molecule has 0 saturated heterocycles. The zero-order chi connectivity index (χ0) is 8.69. The molecule has 0 aromatic carbocycles. The van der Waals surface area contributed by atoms with Gasteiger partial charge in [0.05, 0.1) is 12.7 Å². The zero-order valence-corrected chi connectivity index (χ0v) is 6.01. The quantitative estimate of drug-likeness (QED) is 0.216. The predicted molar refractivity (Wildman–Crippen MR) is 42.0 cm³/mol. The monoisotopic (exact) mass is 160 g/mol. The minimum atomic E-state index is -0.798. The van der Waals surface area contributed by atoms with E-state index in [2.05, 4.69) is 10.2 Å². The second-order valence-corrected chi connectivity index (χ2v) is 1.90. The van der Waals surface area contributed by atoms with E-state index in [-0.39, 0.29) is 19.0 Å². The van der Waals surface area contributed by atoms with Gasteiger partial charge in [-0.25, -0.2) is 0 Å². The largest absolute Gasteiger partial charge is 0.394 e. The van der Waals surface area contributed by atoms with E-state index in [1.165, 1.54) is 6.21 Å². The van der Waals surface area contributed by atoms with Crippen LogP contribution < -0.4 is 11.5 Å². The molecule has 0 aromatic rings. The van der Waals surface area contributed by atoms with Crippen molar-refractivity contribution in [3.8, 4) is 0 Å². The molecule has 0 rings (SSSR count). The van der Waals surface area contributed by atoms with Gasteiger partial charge in [0.2, 0.25) is 5.96 Å². The molecule has 0 aliphatic carbocycles. The van der Waals surface area contributed by atoms with Crippen LogP contribution in [0.15, 0.2) is 10.2 Å². The van der Waals surface area contributed by atoms with Gasteiger partial charge >= 0.3 is 0 Å². The van der Waals surface area contributed by atoms with Gasteiger partial charge in [-0.1, -0.05) is 0 Å². The highest BCUT2D eigenvalue weighted by atomic mass is 16.3. The Morgan fingerprint density at radius 3 is 2.64 bits per heavy atom. The number of aliphatic hydroxyl groups is 2. The first-order chi connectivity index (χ1) is 5.16. The van der Waals surface area contributed by atoms with E-state index in [0.717, 1.165) is 0 Å². The van der Waals surface area contributed by atoms with Crippen molar-refractivity contribution in [2.45, 2.75) is 12.5 Å². The lowest BCUT2D eigenvalue weighted by Gasteiger charge is -1.98. The Morgan fingerprint density at radius 2 is 2.18 bits per heavy atom.